The first-order chi connectivity index (χ1) is 12.9. The molecule has 0 aliphatic carbocycles. The summed E-state index contributed by atoms with van der Waals surface area (Å²) < 4.78 is 31.5. The van der Waals surface area contributed by atoms with Crippen LogP contribution in [-0.2, 0) is 20.7 Å². The predicted octanol–water partition coefficient (Wildman–Crippen LogP) is 4.26. The van der Waals surface area contributed by atoms with E-state index in [9.17, 15) is 18.4 Å². The fourth-order valence-electron chi connectivity index (χ4n) is 2.18. The Morgan fingerprint density at radius 3 is 2.74 bits per heavy atom. The molecule has 1 unspecified atom stereocenters. The monoisotopic (exact) mass is 408 g/mol. The van der Waals surface area contributed by atoms with Crippen LogP contribution in [0.4, 0.5) is 13.9 Å². The number of carbonyl (C=O) groups excluding carboxylic acids is 2. The summed E-state index contributed by atoms with van der Waals surface area (Å²) in [7, 11) is 0. The van der Waals surface area contributed by atoms with Crippen LogP contribution in [0.3, 0.4) is 0 Å². The summed E-state index contributed by atoms with van der Waals surface area (Å²) in [6.45, 7) is 1.46. The van der Waals surface area contributed by atoms with Gasteiger partial charge in [-0.1, -0.05) is 0 Å². The highest BCUT2D eigenvalue weighted by atomic mass is 32.1. The zero-order valence-electron chi connectivity index (χ0n) is 14.1. The second-order valence-electron chi connectivity index (χ2n) is 5.60. The number of aromatic nitrogens is 1. The number of hydrogen-bond acceptors (Lipinski definition) is 6. The molecule has 2 heterocycles. The zero-order chi connectivity index (χ0) is 19.4. The van der Waals surface area contributed by atoms with E-state index in [4.69, 9.17) is 4.74 Å². The molecule has 9 heteroatoms. The maximum absolute atomic E-state index is 13.3. The number of anilines is 1. The molecule has 1 aromatic carbocycles. The van der Waals surface area contributed by atoms with E-state index in [0.29, 0.717) is 11.3 Å². The summed E-state index contributed by atoms with van der Waals surface area (Å²) in [5.74, 6) is -2.95. The average molecular weight is 408 g/mol. The van der Waals surface area contributed by atoms with Crippen molar-refractivity contribution in [3.05, 3.63) is 57.6 Å². The summed E-state index contributed by atoms with van der Waals surface area (Å²) in [5.41, 5.74) is 1.62. The van der Waals surface area contributed by atoms with E-state index < -0.39 is 29.6 Å². The minimum atomic E-state index is -0.994. The van der Waals surface area contributed by atoms with Crippen molar-refractivity contribution in [3.63, 3.8) is 0 Å². The summed E-state index contributed by atoms with van der Waals surface area (Å²) in [6.07, 6.45) is -0.898. The summed E-state index contributed by atoms with van der Waals surface area (Å²) in [5, 5.41) is 8.11. The molecular formula is C18H14F2N2O3S2. The summed E-state index contributed by atoms with van der Waals surface area (Å²) in [6, 6.07) is 5.25. The highest BCUT2D eigenvalue weighted by molar-refractivity contribution is 7.14. The Kier molecular flexibility index (Phi) is 5.92. The van der Waals surface area contributed by atoms with Gasteiger partial charge in [0.15, 0.2) is 22.9 Å². The van der Waals surface area contributed by atoms with Gasteiger partial charge in [0, 0.05) is 10.9 Å². The Hall–Kier alpha value is -2.65. The molecule has 27 heavy (non-hydrogen) atoms. The van der Waals surface area contributed by atoms with Crippen LogP contribution in [0.1, 0.15) is 12.5 Å². The number of thiazole rings is 1. The number of thiophene rings is 1. The maximum atomic E-state index is 13.3. The molecule has 3 aromatic rings. The van der Waals surface area contributed by atoms with Crippen molar-refractivity contribution in [2.45, 2.75) is 19.4 Å². The number of esters is 1. The van der Waals surface area contributed by atoms with E-state index in [0.717, 1.165) is 29.0 Å². The lowest BCUT2D eigenvalue weighted by molar-refractivity contribution is -0.152. The molecule has 0 saturated heterocycles. The average Bonchev–Trinajstić information content (AvgIpc) is 3.29. The normalized spacial score (nSPS) is 11.8. The van der Waals surface area contributed by atoms with Crippen molar-refractivity contribution >= 4 is 39.7 Å². The molecule has 3 rings (SSSR count). The van der Waals surface area contributed by atoms with Gasteiger partial charge < -0.3 is 4.74 Å². The molecule has 5 nitrogen and oxygen atoms in total. The summed E-state index contributed by atoms with van der Waals surface area (Å²) >= 11 is 2.60. The lowest BCUT2D eigenvalue weighted by Crippen LogP contribution is -2.30. The van der Waals surface area contributed by atoms with Gasteiger partial charge in [-0.15, -0.1) is 11.3 Å². The second kappa shape index (κ2) is 8.36. The second-order valence-corrected chi connectivity index (χ2v) is 7.23. The van der Waals surface area contributed by atoms with Crippen molar-refractivity contribution in [2.24, 2.45) is 0 Å². The third kappa shape index (κ3) is 4.95. The number of benzene rings is 1. The molecular weight excluding hydrogens is 394 g/mol. The molecule has 0 saturated carbocycles. The van der Waals surface area contributed by atoms with E-state index in [-0.39, 0.29) is 11.6 Å². The Labute approximate surface area is 161 Å². The van der Waals surface area contributed by atoms with Gasteiger partial charge in [0.2, 0.25) is 0 Å². The Morgan fingerprint density at radius 2 is 2.04 bits per heavy atom. The highest BCUT2D eigenvalue weighted by Crippen LogP contribution is 2.26. The number of carbonyl (C=O) groups is 2. The number of rotatable bonds is 6. The van der Waals surface area contributed by atoms with Gasteiger partial charge in [-0.25, -0.2) is 13.8 Å². The number of ether oxygens (including phenoxy) is 1. The van der Waals surface area contributed by atoms with Crippen LogP contribution in [0.15, 0.2) is 40.4 Å². The van der Waals surface area contributed by atoms with Crippen LogP contribution < -0.4 is 5.32 Å². The first-order valence-corrected chi connectivity index (χ1v) is 9.67. The smallest absolute Gasteiger partial charge is 0.311 e. The van der Waals surface area contributed by atoms with Gasteiger partial charge in [0.1, 0.15) is 0 Å². The number of halogens is 2. The van der Waals surface area contributed by atoms with E-state index in [1.807, 2.05) is 16.8 Å². The first kappa shape index (κ1) is 19.1. The Bertz CT molecular complexity index is 957. The summed E-state index contributed by atoms with van der Waals surface area (Å²) in [4.78, 5) is 28.2. The largest absolute Gasteiger partial charge is 0.452 e. The lowest BCUT2D eigenvalue weighted by Gasteiger charge is -2.12. The molecule has 0 fully saturated rings. The van der Waals surface area contributed by atoms with E-state index in [2.05, 4.69) is 10.3 Å². The number of nitrogens with one attached hydrogen (secondary N) is 1. The molecule has 0 bridgehead atoms. The lowest BCUT2D eigenvalue weighted by atomic mass is 10.2. The molecule has 1 N–H and O–H groups in total. The van der Waals surface area contributed by atoms with Gasteiger partial charge in [-0.05, 0) is 47.5 Å². The first-order valence-electron chi connectivity index (χ1n) is 7.85. The van der Waals surface area contributed by atoms with E-state index in [1.54, 1.807) is 5.38 Å². The number of amides is 1. The SMILES string of the molecule is CC(OC(=O)Cc1ccsc1)C(=O)Nc1nc(-c2ccc(F)c(F)c2)cs1. The molecule has 0 aliphatic heterocycles. The van der Waals surface area contributed by atoms with Crippen LogP contribution in [0.2, 0.25) is 0 Å². The fourth-order valence-corrected chi connectivity index (χ4v) is 3.57. The quantitative estimate of drug-likeness (QED) is 0.619. The van der Waals surface area contributed by atoms with Crippen molar-refractivity contribution in [3.8, 4) is 11.3 Å². The number of hydrogen-bond donors (Lipinski definition) is 1. The number of nitrogens with zero attached hydrogens (tertiary/aromatic N) is 1. The standard InChI is InChI=1S/C18H14F2N2O3S2/c1-10(25-16(23)6-11-4-5-26-8-11)17(24)22-18-21-15(9-27-18)12-2-3-13(19)14(20)7-12/h2-5,7-10H,6H2,1H3,(H,21,22,24). The van der Waals surface area contributed by atoms with Gasteiger partial charge in [-0.3, -0.25) is 14.9 Å². The Morgan fingerprint density at radius 1 is 1.22 bits per heavy atom. The van der Waals surface area contributed by atoms with Crippen LogP contribution >= 0.6 is 22.7 Å². The third-order valence-electron chi connectivity index (χ3n) is 3.56. The van der Waals surface area contributed by atoms with Gasteiger partial charge in [-0.2, -0.15) is 11.3 Å². The van der Waals surface area contributed by atoms with Crippen LogP contribution in [0.5, 0.6) is 0 Å². The predicted molar refractivity (Wildman–Crippen MR) is 99.7 cm³/mol. The fraction of sp³-hybridized carbons (Fsp3) is 0.167. The van der Waals surface area contributed by atoms with Crippen molar-refractivity contribution in [1.82, 2.24) is 4.98 Å². The minimum absolute atomic E-state index is 0.0959. The molecule has 0 aliphatic rings. The molecule has 140 valence electrons. The van der Waals surface area contributed by atoms with Gasteiger partial charge in [0.05, 0.1) is 12.1 Å². The molecule has 1 atom stereocenters. The van der Waals surface area contributed by atoms with E-state index >= 15 is 0 Å². The molecule has 2 aromatic heterocycles. The van der Waals surface area contributed by atoms with Crippen LogP contribution in [-0.4, -0.2) is 23.0 Å². The van der Waals surface area contributed by atoms with Gasteiger partial charge in [0.25, 0.3) is 5.91 Å². The van der Waals surface area contributed by atoms with Crippen LogP contribution in [0, 0.1) is 11.6 Å². The third-order valence-corrected chi connectivity index (χ3v) is 5.05. The maximum Gasteiger partial charge on any atom is 0.311 e. The minimum Gasteiger partial charge on any atom is -0.452 e. The van der Waals surface area contributed by atoms with Crippen molar-refractivity contribution in [2.75, 3.05) is 5.32 Å². The zero-order valence-corrected chi connectivity index (χ0v) is 15.7. The van der Waals surface area contributed by atoms with Gasteiger partial charge >= 0.3 is 5.97 Å². The van der Waals surface area contributed by atoms with Crippen molar-refractivity contribution < 1.29 is 23.1 Å². The molecule has 0 radical (unpaired) electrons. The highest BCUT2D eigenvalue weighted by Gasteiger charge is 2.19. The molecule has 0 spiro atoms. The Balaban J connectivity index is 1.58. The van der Waals surface area contributed by atoms with E-state index in [1.165, 1.54) is 24.3 Å². The van der Waals surface area contributed by atoms with Crippen LogP contribution in [0.25, 0.3) is 11.3 Å². The molecule has 1 amide bonds. The van der Waals surface area contributed by atoms with Crippen molar-refractivity contribution in [1.29, 1.82) is 0 Å². The topological polar surface area (TPSA) is 68.3 Å².